The van der Waals surface area contributed by atoms with Crippen LogP contribution in [-0.2, 0) is 11.3 Å². The topological polar surface area (TPSA) is 93.3 Å². The fourth-order valence-corrected chi connectivity index (χ4v) is 2.83. The molecule has 2 rings (SSSR count). The van der Waals surface area contributed by atoms with E-state index in [0.29, 0.717) is 17.9 Å². The van der Waals surface area contributed by atoms with Gasteiger partial charge >= 0.3 is 5.69 Å². The Hall–Kier alpha value is -1.96. The van der Waals surface area contributed by atoms with Crippen molar-refractivity contribution >= 4 is 11.6 Å². The first-order chi connectivity index (χ1) is 10.4. The zero-order valence-corrected chi connectivity index (χ0v) is 13.3. The fourth-order valence-electron chi connectivity index (χ4n) is 2.83. The number of aryl methyl sites for hydroxylation is 2. The molecule has 0 radical (unpaired) electrons. The summed E-state index contributed by atoms with van der Waals surface area (Å²) < 4.78 is 1.54. The van der Waals surface area contributed by atoms with Crippen molar-refractivity contribution in [3.63, 3.8) is 0 Å². The molecule has 1 fully saturated rings. The molecule has 1 saturated heterocycles. The highest BCUT2D eigenvalue weighted by atomic mass is 16.6. The van der Waals surface area contributed by atoms with Crippen molar-refractivity contribution in [2.24, 2.45) is 0 Å². The number of nitrogens with one attached hydrogen (secondary N) is 1. The number of amides is 1. The van der Waals surface area contributed by atoms with Gasteiger partial charge in [-0.1, -0.05) is 0 Å². The molecule has 8 nitrogen and oxygen atoms in total. The van der Waals surface area contributed by atoms with Gasteiger partial charge in [-0.15, -0.1) is 0 Å². The van der Waals surface area contributed by atoms with Crippen LogP contribution in [0.4, 0.5) is 5.69 Å². The predicted octanol–water partition coefficient (Wildman–Crippen LogP) is 1.01. The van der Waals surface area contributed by atoms with Gasteiger partial charge in [0.2, 0.25) is 5.91 Å². The number of carbonyl (C=O) groups excluding carboxylic acids is 1. The van der Waals surface area contributed by atoms with E-state index in [0.717, 1.165) is 25.9 Å². The maximum Gasteiger partial charge on any atom is 0.312 e. The number of nitro groups is 1. The van der Waals surface area contributed by atoms with E-state index in [2.05, 4.69) is 22.4 Å². The van der Waals surface area contributed by atoms with Crippen LogP contribution in [0.5, 0.6) is 0 Å². The lowest BCUT2D eigenvalue weighted by molar-refractivity contribution is -0.386. The molecule has 0 atom stereocenters. The average molecular weight is 309 g/mol. The Bertz CT molecular complexity index is 561. The zero-order chi connectivity index (χ0) is 16.3. The Morgan fingerprint density at radius 3 is 2.59 bits per heavy atom. The predicted molar refractivity (Wildman–Crippen MR) is 81.6 cm³/mol. The van der Waals surface area contributed by atoms with Crippen LogP contribution in [0, 0.1) is 24.0 Å². The molecule has 0 aromatic carbocycles. The van der Waals surface area contributed by atoms with Crippen molar-refractivity contribution < 1.29 is 9.72 Å². The number of rotatable bonds is 5. The van der Waals surface area contributed by atoms with Crippen LogP contribution in [0.1, 0.15) is 30.7 Å². The molecular formula is C14H23N5O3. The quantitative estimate of drug-likeness (QED) is 0.647. The van der Waals surface area contributed by atoms with Gasteiger partial charge in [-0.25, -0.2) is 0 Å². The summed E-state index contributed by atoms with van der Waals surface area (Å²) in [7, 11) is 2.08. The van der Waals surface area contributed by atoms with Crippen molar-refractivity contribution in [3.05, 3.63) is 21.5 Å². The number of aromatic nitrogens is 2. The Kier molecular flexibility index (Phi) is 5.12. The minimum atomic E-state index is -0.424. The van der Waals surface area contributed by atoms with Crippen LogP contribution in [0.25, 0.3) is 0 Å². The van der Waals surface area contributed by atoms with Gasteiger partial charge in [0.15, 0.2) is 0 Å². The monoisotopic (exact) mass is 309 g/mol. The van der Waals surface area contributed by atoms with E-state index in [9.17, 15) is 14.9 Å². The molecule has 1 aromatic heterocycles. The summed E-state index contributed by atoms with van der Waals surface area (Å²) >= 11 is 0. The number of carbonyl (C=O) groups is 1. The third kappa shape index (κ3) is 3.82. The van der Waals surface area contributed by atoms with Gasteiger partial charge in [0.1, 0.15) is 11.4 Å². The number of piperidine rings is 1. The second-order valence-electron chi connectivity index (χ2n) is 5.89. The fraction of sp³-hybridized carbons (Fsp3) is 0.714. The number of likely N-dealkylation sites (tertiary alicyclic amines) is 1. The van der Waals surface area contributed by atoms with Crippen molar-refractivity contribution in [2.45, 2.75) is 45.7 Å². The first-order valence-electron chi connectivity index (χ1n) is 7.54. The van der Waals surface area contributed by atoms with Gasteiger partial charge in [-0.05, 0) is 46.8 Å². The summed E-state index contributed by atoms with van der Waals surface area (Å²) in [5.74, 6) is -0.0234. The number of hydrogen-bond donors (Lipinski definition) is 1. The second kappa shape index (κ2) is 6.87. The lowest BCUT2D eigenvalue weighted by Crippen LogP contribution is -2.43. The molecule has 8 heteroatoms. The lowest BCUT2D eigenvalue weighted by Gasteiger charge is -2.29. The van der Waals surface area contributed by atoms with Gasteiger partial charge in [0, 0.05) is 12.5 Å². The van der Waals surface area contributed by atoms with E-state index >= 15 is 0 Å². The zero-order valence-electron chi connectivity index (χ0n) is 13.3. The second-order valence-corrected chi connectivity index (χ2v) is 5.89. The van der Waals surface area contributed by atoms with Crippen LogP contribution in [0.2, 0.25) is 0 Å². The van der Waals surface area contributed by atoms with Crippen molar-refractivity contribution in [2.75, 3.05) is 20.1 Å². The Morgan fingerprint density at radius 1 is 1.41 bits per heavy atom. The van der Waals surface area contributed by atoms with E-state index in [1.165, 1.54) is 0 Å². The highest BCUT2D eigenvalue weighted by Crippen LogP contribution is 2.21. The number of nitrogens with zero attached hydrogens (tertiary/aromatic N) is 4. The van der Waals surface area contributed by atoms with Crippen LogP contribution < -0.4 is 5.32 Å². The van der Waals surface area contributed by atoms with E-state index in [1.807, 2.05) is 0 Å². The standard InChI is InChI=1S/C14H23N5O3/c1-10-14(19(21)22)11(2)18(16-10)9-6-13(20)15-12-4-7-17(3)8-5-12/h12H,4-9H2,1-3H3,(H,15,20). The van der Waals surface area contributed by atoms with Crippen LogP contribution in [0.3, 0.4) is 0 Å². The first kappa shape index (κ1) is 16.4. The van der Waals surface area contributed by atoms with Crippen molar-refractivity contribution in [3.8, 4) is 0 Å². The highest BCUT2D eigenvalue weighted by Gasteiger charge is 2.22. The van der Waals surface area contributed by atoms with Gasteiger partial charge in [0.25, 0.3) is 0 Å². The molecule has 1 N–H and O–H groups in total. The number of hydrogen-bond acceptors (Lipinski definition) is 5. The summed E-state index contributed by atoms with van der Waals surface area (Å²) in [6.45, 7) is 5.62. The van der Waals surface area contributed by atoms with Gasteiger partial charge in [-0.2, -0.15) is 5.10 Å². The Labute approximate surface area is 129 Å². The molecule has 0 spiro atoms. The van der Waals surface area contributed by atoms with E-state index in [4.69, 9.17) is 0 Å². The normalized spacial score (nSPS) is 16.7. The summed E-state index contributed by atoms with van der Waals surface area (Å²) in [6.07, 6.45) is 2.21. The molecule has 1 aromatic rings. The summed E-state index contributed by atoms with van der Waals surface area (Å²) in [5, 5.41) is 18.1. The van der Waals surface area contributed by atoms with Gasteiger partial charge in [-0.3, -0.25) is 19.6 Å². The maximum absolute atomic E-state index is 12.0. The minimum Gasteiger partial charge on any atom is -0.353 e. The van der Waals surface area contributed by atoms with Crippen molar-refractivity contribution in [1.29, 1.82) is 0 Å². The van der Waals surface area contributed by atoms with Crippen molar-refractivity contribution in [1.82, 2.24) is 20.0 Å². The molecule has 0 saturated carbocycles. The largest absolute Gasteiger partial charge is 0.353 e. The average Bonchev–Trinajstić information content (AvgIpc) is 2.73. The van der Waals surface area contributed by atoms with Crippen LogP contribution in [-0.4, -0.2) is 51.7 Å². The molecule has 0 unspecified atom stereocenters. The van der Waals surface area contributed by atoms with E-state index in [1.54, 1.807) is 18.5 Å². The van der Waals surface area contributed by atoms with E-state index < -0.39 is 4.92 Å². The molecule has 0 bridgehead atoms. The Morgan fingerprint density at radius 2 is 2.05 bits per heavy atom. The summed E-state index contributed by atoms with van der Waals surface area (Å²) in [6, 6.07) is 0.235. The third-order valence-corrected chi connectivity index (χ3v) is 4.16. The molecule has 1 aliphatic rings. The summed E-state index contributed by atoms with van der Waals surface area (Å²) in [4.78, 5) is 24.8. The van der Waals surface area contributed by atoms with Gasteiger partial charge in [0.05, 0.1) is 11.5 Å². The van der Waals surface area contributed by atoms with Crippen LogP contribution >= 0.6 is 0 Å². The van der Waals surface area contributed by atoms with Gasteiger partial charge < -0.3 is 10.2 Å². The first-order valence-corrected chi connectivity index (χ1v) is 7.54. The molecule has 2 heterocycles. The SMILES string of the molecule is Cc1nn(CCC(=O)NC2CCN(C)CC2)c(C)c1[N+](=O)[O-]. The van der Waals surface area contributed by atoms with E-state index in [-0.39, 0.29) is 24.1 Å². The Balaban J connectivity index is 1.86. The minimum absolute atomic E-state index is 0.0234. The molecule has 1 amide bonds. The maximum atomic E-state index is 12.0. The lowest BCUT2D eigenvalue weighted by atomic mass is 10.1. The molecule has 122 valence electrons. The smallest absolute Gasteiger partial charge is 0.312 e. The van der Waals surface area contributed by atoms with Crippen LogP contribution in [0.15, 0.2) is 0 Å². The third-order valence-electron chi connectivity index (χ3n) is 4.16. The highest BCUT2D eigenvalue weighted by molar-refractivity contribution is 5.76. The molecule has 22 heavy (non-hydrogen) atoms. The summed E-state index contributed by atoms with van der Waals surface area (Å²) in [5.41, 5.74) is 0.920. The molecule has 0 aliphatic carbocycles. The molecular weight excluding hydrogens is 286 g/mol. The molecule has 1 aliphatic heterocycles.